The van der Waals surface area contributed by atoms with Crippen molar-refractivity contribution in [2.45, 2.75) is 58.5 Å². The van der Waals surface area contributed by atoms with Crippen LogP contribution in [-0.2, 0) is 19.1 Å². The van der Waals surface area contributed by atoms with Gasteiger partial charge in [-0.25, -0.2) is 4.79 Å². The van der Waals surface area contributed by atoms with Gasteiger partial charge in [-0.2, -0.15) is 0 Å². The van der Waals surface area contributed by atoms with Crippen molar-refractivity contribution in [3.8, 4) is 0 Å². The fourth-order valence-electron chi connectivity index (χ4n) is 4.75. The van der Waals surface area contributed by atoms with Crippen molar-refractivity contribution in [3.63, 3.8) is 0 Å². The second-order valence-corrected chi connectivity index (χ2v) is 9.65. The summed E-state index contributed by atoms with van der Waals surface area (Å²) in [4.78, 5) is 26.4. The van der Waals surface area contributed by atoms with E-state index in [1.807, 2.05) is 25.1 Å². The highest BCUT2D eigenvalue weighted by molar-refractivity contribution is 6.30. The lowest BCUT2D eigenvalue weighted by atomic mass is 9.68. The molecule has 0 aromatic heterocycles. The van der Waals surface area contributed by atoms with E-state index in [0.717, 1.165) is 36.2 Å². The first-order chi connectivity index (χ1) is 14.2. The molecule has 4 rings (SSSR count). The number of Topliss-reactive ketones (excluding diaryl/α,β-unsaturated/α-hetero) is 1. The van der Waals surface area contributed by atoms with E-state index in [2.05, 4.69) is 19.2 Å². The van der Waals surface area contributed by atoms with Crippen LogP contribution in [0, 0.1) is 5.41 Å². The first-order valence-electron chi connectivity index (χ1n) is 10.5. The number of rotatable bonds is 4. The van der Waals surface area contributed by atoms with Gasteiger partial charge in [-0.1, -0.05) is 37.6 Å². The molecule has 0 radical (unpaired) electrons. The number of esters is 1. The van der Waals surface area contributed by atoms with Crippen molar-refractivity contribution in [3.05, 3.63) is 57.4 Å². The highest BCUT2D eigenvalue weighted by Crippen LogP contribution is 2.47. The third-order valence-electron chi connectivity index (χ3n) is 6.07. The molecule has 0 amide bonds. The molecule has 6 heteroatoms. The average Bonchev–Trinajstić information content (AvgIpc) is 3.17. The van der Waals surface area contributed by atoms with Gasteiger partial charge in [-0.05, 0) is 49.3 Å². The highest BCUT2D eigenvalue weighted by atomic mass is 35.5. The second-order valence-electron chi connectivity index (χ2n) is 9.22. The number of ketones is 1. The van der Waals surface area contributed by atoms with Gasteiger partial charge in [0, 0.05) is 40.9 Å². The molecule has 30 heavy (non-hydrogen) atoms. The summed E-state index contributed by atoms with van der Waals surface area (Å²) >= 11 is 6.27. The topological polar surface area (TPSA) is 64.6 Å². The van der Waals surface area contributed by atoms with Crippen LogP contribution in [0.25, 0.3) is 0 Å². The summed E-state index contributed by atoms with van der Waals surface area (Å²) in [5.41, 5.74) is 3.46. The van der Waals surface area contributed by atoms with E-state index in [1.54, 1.807) is 6.07 Å². The first-order valence-corrected chi connectivity index (χ1v) is 10.9. The van der Waals surface area contributed by atoms with Crippen molar-refractivity contribution in [2.75, 3.05) is 13.2 Å². The Morgan fingerprint density at radius 1 is 1.33 bits per heavy atom. The van der Waals surface area contributed by atoms with E-state index < -0.39 is 11.9 Å². The van der Waals surface area contributed by atoms with Gasteiger partial charge in [0.25, 0.3) is 0 Å². The molecule has 3 aliphatic rings. The molecule has 1 N–H and O–H groups in total. The standard InChI is InChI=1S/C24H28ClNO4/c1-14-20(23(28)30-13-17-8-5-9-29-17)21(15-6-4-7-16(25)10-15)22-18(26-14)11-24(2,3)12-19(22)27/h4,6-7,10,17,21,26H,5,8-9,11-13H2,1-3H3/t17-,21+/m0/s1. The van der Waals surface area contributed by atoms with Gasteiger partial charge >= 0.3 is 5.97 Å². The summed E-state index contributed by atoms with van der Waals surface area (Å²) in [5, 5.41) is 3.92. The van der Waals surface area contributed by atoms with Crippen molar-refractivity contribution < 1.29 is 19.1 Å². The van der Waals surface area contributed by atoms with Crippen LogP contribution in [0.2, 0.25) is 5.02 Å². The molecule has 2 atom stereocenters. The van der Waals surface area contributed by atoms with Crippen molar-refractivity contribution >= 4 is 23.4 Å². The Hall–Kier alpha value is -2.11. The van der Waals surface area contributed by atoms with Crippen LogP contribution in [0.5, 0.6) is 0 Å². The number of hydrogen-bond acceptors (Lipinski definition) is 5. The third kappa shape index (κ3) is 4.19. The maximum absolute atomic E-state index is 13.2. The van der Waals surface area contributed by atoms with Crippen LogP contribution >= 0.6 is 11.6 Å². The van der Waals surface area contributed by atoms with Gasteiger partial charge in [0.1, 0.15) is 6.61 Å². The van der Waals surface area contributed by atoms with Crippen LogP contribution in [-0.4, -0.2) is 31.1 Å². The number of benzene rings is 1. The molecular formula is C24H28ClNO4. The van der Waals surface area contributed by atoms with Crippen LogP contribution < -0.4 is 5.32 Å². The fourth-order valence-corrected chi connectivity index (χ4v) is 4.95. The average molecular weight is 430 g/mol. The van der Waals surface area contributed by atoms with Crippen molar-refractivity contribution in [1.29, 1.82) is 0 Å². The molecule has 0 unspecified atom stereocenters. The lowest BCUT2D eigenvalue weighted by molar-refractivity contribution is -0.142. The largest absolute Gasteiger partial charge is 0.459 e. The van der Waals surface area contributed by atoms with E-state index in [9.17, 15) is 9.59 Å². The van der Waals surface area contributed by atoms with Crippen LogP contribution in [0.1, 0.15) is 57.9 Å². The lowest BCUT2D eigenvalue weighted by Gasteiger charge is -2.39. The van der Waals surface area contributed by atoms with Crippen molar-refractivity contribution in [1.82, 2.24) is 5.32 Å². The molecule has 1 aromatic rings. The van der Waals surface area contributed by atoms with Gasteiger partial charge in [-0.3, -0.25) is 4.79 Å². The summed E-state index contributed by atoms with van der Waals surface area (Å²) in [6, 6.07) is 7.39. The number of hydrogen-bond donors (Lipinski definition) is 1. The Bertz CT molecular complexity index is 940. The Balaban J connectivity index is 1.72. The second kappa shape index (κ2) is 8.20. The van der Waals surface area contributed by atoms with Gasteiger partial charge in [0.2, 0.25) is 0 Å². The molecule has 1 fully saturated rings. The Labute approximate surface area is 182 Å². The van der Waals surface area contributed by atoms with Gasteiger partial charge in [-0.15, -0.1) is 0 Å². The van der Waals surface area contributed by atoms with Crippen LogP contribution in [0.3, 0.4) is 0 Å². The molecule has 2 aliphatic heterocycles. The number of allylic oxidation sites excluding steroid dienone is 3. The van der Waals surface area contributed by atoms with Gasteiger partial charge in [0.05, 0.1) is 11.7 Å². The summed E-state index contributed by atoms with van der Waals surface area (Å²) < 4.78 is 11.2. The Morgan fingerprint density at radius 2 is 2.13 bits per heavy atom. The van der Waals surface area contributed by atoms with Gasteiger partial charge in [0.15, 0.2) is 5.78 Å². The summed E-state index contributed by atoms with van der Waals surface area (Å²) in [5.74, 6) is -0.833. The number of ether oxygens (including phenoxy) is 2. The maximum Gasteiger partial charge on any atom is 0.336 e. The predicted octanol–water partition coefficient (Wildman–Crippen LogP) is 4.67. The third-order valence-corrected chi connectivity index (χ3v) is 6.30. The van der Waals surface area contributed by atoms with E-state index in [0.29, 0.717) is 29.2 Å². The predicted molar refractivity (Wildman–Crippen MR) is 115 cm³/mol. The first kappa shape index (κ1) is 21.1. The fraction of sp³-hybridized carbons (Fsp3) is 0.500. The molecule has 1 aromatic carbocycles. The van der Waals surface area contributed by atoms with E-state index in [4.69, 9.17) is 21.1 Å². The van der Waals surface area contributed by atoms with Gasteiger partial charge < -0.3 is 14.8 Å². The number of nitrogens with one attached hydrogen (secondary N) is 1. The minimum atomic E-state index is -0.486. The molecule has 5 nitrogen and oxygen atoms in total. The number of halogens is 1. The number of dihydropyridines is 1. The van der Waals surface area contributed by atoms with Crippen LogP contribution in [0.4, 0.5) is 0 Å². The minimum absolute atomic E-state index is 0.0529. The maximum atomic E-state index is 13.2. The molecule has 2 heterocycles. The zero-order chi connectivity index (χ0) is 21.5. The monoisotopic (exact) mass is 429 g/mol. The smallest absolute Gasteiger partial charge is 0.336 e. The Morgan fingerprint density at radius 3 is 2.83 bits per heavy atom. The molecule has 0 saturated carbocycles. The number of carbonyl (C=O) groups excluding carboxylic acids is 2. The van der Waals surface area contributed by atoms with E-state index >= 15 is 0 Å². The zero-order valence-corrected chi connectivity index (χ0v) is 18.5. The summed E-state index contributed by atoms with van der Waals surface area (Å²) in [7, 11) is 0. The van der Waals surface area contributed by atoms with E-state index in [1.165, 1.54) is 0 Å². The molecule has 0 spiro atoms. The lowest BCUT2D eigenvalue weighted by Crippen LogP contribution is -2.39. The molecular weight excluding hydrogens is 402 g/mol. The SMILES string of the molecule is CC1=C(C(=O)OC[C@@H]2CCCO2)[C@@H](c2cccc(Cl)c2)C2=C(CC(C)(C)CC2=O)N1. The highest BCUT2D eigenvalue weighted by Gasteiger charge is 2.43. The van der Waals surface area contributed by atoms with Crippen LogP contribution in [0.15, 0.2) is 46.8 Å². The van der Waals surface area contributed by atoms with E-state index in [-0.39, 0.29) is 23.9 Å². The normalized spacial score (nSPS) is 25.8. The minimum Gasteiger partial charge on any atom is -0.459 e. The zero-order valence-electron chi connectivity index (χ0n) is 17.7. The Kier molecular flexibility index (Phi) is 5.78. The molecule has 1 aliphatic carbocycles. The quantitative estimate of drug-likeness (QED) is 0.705. The number of carbonyl (C=O) groups is 2. The summed E-state index contributed by atoms with van der Waals surface area (Å²) in [6.07, 6.45) is 3.02. The summed E-state index contributed by atoms with van der Waals surface area (Å²) in [6.45, 7) is 6.99. The van der Waals surface area contributed by atoms with Crippen molar-refractivity contribution in [2.24, 2.45) is 5.41 Å². The molecule has 1 saturated heterocycles. The molecule has 160 valence electrons. The molecule has 0 bridgehead atoms.